The topological polar surface area (TPSA) is 45.0 Å². The highest BCUT2D eigenvalue weighted by Crippen LogP contribution is 2.16. The molecule has 0 aliphatic carbocycles. The van der Waals surface area contributed by atoms with Gasteiger partial charge in [-0.25, -0.2) is 0 Å². The molecule has 58 valence electrons. The molecule has 0 aromatic rings. The number of nitrogens with zero attached hydrogens (tertiary/aromatic N) is 2. The molecule has 1 aliphatic rings. The first kappa shape index (κ1) is 8.01. The van der Waals surface area contributed by atoms with Crippen molar-refractivity contribution in [1.29, 1.82) is 0 Å². The van der Waals surface area contributed by atoms with E-state index in [2.05, 4.69) is 16.6 Å². The SMILES string of the molecule is C=CCC(O)C[C+]1N=CC=N1. The van der Waals surface area contributed by atoms with Gasteiger partial charge >= 0.3 is 0 Å². The Morgan fingerprint density at radius 1 is 1.55 bits per heavy atom. The van der Waals surface area contributed by atoms with Crippen LogP contribution in [0.3, 0.4) is 0 Å². The maximum Gasteiger partial charge on any atom is 0.243 e. The van der Waals surface area contributed by atoms with Crippen molar-refractivity contribution in [3.05, 3.63) is 18.8 Å². The summed E-state index contributed by atoms with van der Waals surface area (Å²) in [5.74, 6) is 0. The predicted molar refractivity (Wildman–Crippen MR) is 45.7 cm³/mol. The molecule has 0 aromatic heterocycles. The van der Waals surface area contributed by atoms with E-state index in [1.807, 2.05) is 0 Å². The molecule has 0 amide bonds. The monoisotopic (exact) mass is 151 g/mol. The molecule has 0 saturated carbocycles. The summed E-state index contributed by atoms with van der Waals surface area (Å²) in [6.45, 7) is 3.53. The van der Waals surface area contributed by atoms with Crippen LogP contribution in [0.25, 0.3) is 0 Å². The molecule has 0 bridgehead atoms. The lowest BCUT2D eigenvalue weighted by Gasteiger charge is -2.03. The van der Waals surface area contributed by atoms with Gasteiger partial charge in [0.15, 0.2) is 12.4 Å². The molecule has 0 aromatic carbocycles. The Hall–Kier alpha value is -1.09. The van der Waals surface area contributed by atoms with Gasteiger partial charge in [0.25, 0.3) is 0 Å². The fraction of sp³-hybridized carbons (Fsp3) is 0.375. The van der Waals surface area contributed by atoms with E-state index >= 15 is 0 Å². The van der Waals surface area contributed by atoms with Crippen molar-refractivity contribution in [2.45, 2.75) is 18.9 Å². The van der Waals surface area contributed by atoms with Gasteiger partial charge in [-0.15, -0.1) is 6.58 Å². The van der Waals surface area contributed by atoms with Gasteiger partial charge < -0.3 is 5.11 Å². The molecule has 1 aliphatic heterocycles. The Labute approximate surface area is 66.2 Å². The number of aliphatic hydroxyl groups excluding tert-OH is 1. The Morgan fingerprint density at radius 3 is 2.73 bits per heavy atom. The minimum absolute atomic E-state index is 0.394. The lowest BCUT2D eigenvalue weighted by molar-refractivity contribution is 0.171. The van der Waals surface area contributed by atoms with Crippen molar-refractivity contribution in [1.82, 2.24) is 0 Å². The van der Waals surface area contributed by atoms with Crippen LogP contribution in [0.4, 0.5) is 0 Å². The average Bonchev–Trinajstić information content (AvgIpc) is 2.40. The zero-order chi connectivity index (χ0) is 8.10. The van der Waals surface area contributed by atoms with E-state index in [0.717, 1.165) is 0 Å². The Balaban J connectivity index is 2.24. The van der Waals surface area contributed by atoms with Crippen LogP contribution in [-0.4, -0.2) is 23.6 Å². The molecular formula is C8H11N2O+. The molecule has 0 saturated heterocycles. The molecule has 1 rings (SSSR count). The number of hydrogen-bond donors (Lipinski definition) is 1. The first-order valence-electron chi connectivity index (χ1n) is 3.54. The highest BCUT2D eigenvalue weighted by Gasteiger charge is 2.19. The summed E-state index contributed by atoms with van der Waals surface area (Å²) in [6, 6.07) is 0. The van der Waals surface area contributed by atoms with E-state index < -0.39 is 6.10 Å². The standard InChI is InChI=1S/C8H11N2O/c1-2-3-7(11)6-8-9-4-5-10-8/h2,4-5,7,11H,1,3,6H2/q+1. The van der Waals surface area contributed by atoms with Gasteiger partial charge in [0.05, 0.1) is 12.5 Å². The van der Waals surface area contributed by atoms with Gasteiger partial charge in [-0.3, -0.25) is 0 Å². The summed E-state index contributed by atoms with van der Waals surface area (Å²) >= 11 is 0. The second kappa shape index (κ2) is 3.93. The molecule has 0 radical (unpaired) electrons. The van der Waals surface area contributed by atoms with Crippen LogP contribution in [0.5, 0.6) is 0 Å². The maximum absolute atomic E-state index is 9.27. The molecule has 1 atom stereocenters. The third-order valence-corrected chi connectivity index (χ3v) is 1.37. The summed E-state index contributed by atoms with van der Waals surface area (Å²) in [5, 5.41) is 9.27. The summed E-state index contributed by atoms with van der Waals surface area (Å²) in [4.78, 5) is 7.87. The van der Waals surface area contributed by atoms with E-state index in [4.69, 9.17) is 0 Å². The van der Waals surface area contributed by atoms with Crippen LogP contribution in [0.1, 0.15) is 12.8 Å². The fourth-order valence-electron chi connectivity index (χ4n) is 0.864. The Bertz CT molecular complexity index is 175. The van der Waals surface area contributed by atoms with E-state index in [9.17, 15) is 5.11 Å². The van der Waals surface area contributed by atoms with E-state index in [1.165, 1.54) is 0 Å². The number of aliphatic hydroxyl groups is 1. The van der Waals surface area contributed by atoms with E-state index in [0.29, 0.717) is 19.0 Å². The Kier molecular flexibility index (Phi) is 2.86. The third-order valence-electron chi connectivity index (χ3n) is 1.37. The van der Waals surface area contributed by atoms with Crippen LogP contribution in [-0.2, 0) is 0 Å². The second-order valence-corrected chi connectivity index (χ2v) is 2.35. The molecule has 1 heterocycles. The first-order valence-corrected chi connectivity index (χ1v) is 3.54. The quantitative estimate of drug-likeness (QED) is 0.472. The van der Waals surface area contributed by atoms with Crippen LogP contribution < -0.4 is 0 Å². The highest BCUT2D eigenvalue weighted by molar-refractivity contribution is 6.18. The average molecular weight is 151 g/mol. The zero-order valence-electron chi connectivity index (χ0n) is 6.27. The molecule has 3 nitrogen and oxygen atoms in total. The van der Waals surface area contributed by atoms with Crippen LogP contribution in [0.15, 0.2) is 22.6 Å². The van der Waals surface area contributed by atoms with Crippen molar-refractivity contribution < 1.29 is 5.11 Å². The highest BCUT2D eigenvalue weighted by atomic mass is 16.3. The van der Waals surface area contributed by atoms with Crippen molar-refractivity contribution in [2.24, 2.45) is 9.98 Å². The summed E-state index contributed by atoms with van der Waals surface area (Å²) < 4.78 is 0. The van der Waals surface area contributed by atoms with E-state index in [-0.39, 0.29) is 0 Å². The van der Waals surface area contributed by atoms with Crippen molar-refractivity contribution in [2.75, 3.05) is 0 Å². The lowest BCUT2D eigenvalue weighted by atomic mass is 10.1. The molecule has 0 spiro atoms. The lowest BCUT2D eigenvalue weighted by Crippen LogP contribution is -2.07. The minimum atomic E-state index is -0.394. The molecule has 1 N–H and O–H groups in total. The predicted octanol–water partition coefficient (Wildman–Crippen LogP) is 0.958. The molecule has 3 heteroatoms. The van der Waals surface area contributed by atoms with Crippen molar-refractivity contribution in [3.63, 3.8) is 0 Å². The fourth-order valence-corrected chi connectivity index (χ4v) is 0.864. The van der Waals surface area contributed by atoms with Crippen LogP contribution in [0.2, 0.25) is 0 Å². The smallest absolute Gasteiger partial charge is 0.243 e. The maximum atomic E-state index is 9.27. The molecule has 11 heavy (non-hydrogen) atoms. The molecular weight excluding hydrogens is 140 g/mol. The summed E-state index contributed by atoms with van der Waals surface area (Å²) in [5.41, 5.74) is 0. The normalized spacial score (nSPS) is 17.4. The minimum Gasteiger partial charge on any atom is -0.391 e. The molecule has 1 unspecified atom stereocenters. The van der Waals surface area contributed by atoms with E-state index in [1.54, 1.807) is 18.5 Å². The van der Waals surface area contributed by atoms with Crippen LogP contribution >= 0.6 is 0 Å². The second-order valence-electron chi connectivity index (χ2n) is 2.35. The van der Waals surface area contributed by atoms with Gasteiger partial charge in [-0.2, -0.15) is 0 Å². The number of hydrogen-bond acceptors (Lipinski definition) is 3. The summed E-state index contributed by atoms with van der Waals surface area (Å²) in [7, 11) is 0. The van der Waals surface area contributed by atoms with Gasteiger partial charge in [-0.05, 0) is 6.42 Å². The van der Waals surface area contributed by atoms with Gasteiger partial charge in [0.2, 0.25) is 6.17 Å². The molecule has 0 fully saturated rings. The van der Waals surface area contributed by atoms with Crippen LogP contribution in [0, 0.1) is 6.17 Å². The number of aliphatic imine (C=N–C) groups is 2. The third kappa shape index (κ3) is 2.55. The van der Waals surface area contributed by atoms with Crippen molar-refractivity contribution in [3.8, 4) is 0 Å². The van der Waals surface area contributed by atoms with Gasteiger partial charge in [0.1, 0.15) is 0 Å². The largest absolute Gasteiger partial charge is 0.391 e. The zero-order valence-corrected chi connectivity index (χ0v) is 6.27. The van der Waals surface area contributed by atoms with Gasteiger partial charge in [-0.1, -0.05) is 16.1 Å². The first-order chi connectivity index (χ1) is 5.33. The van der Waals surface area contributed by atoms with Crippen molar-refractivity contribution >= 4 is 12.4 Å². The van der Waals surface area contributed by atoms with Gasteiger partial charge in [0, 0.05) is 0 Å². The Morgan fingerprint density at radius 2 is 2.18 bits per heavy atom. The summed E-state index contributed by atoms with van der Waals surface area (Å²) in [6.07, 6.45) is 6.34. The number of rotatable bonds is 4.